The molecule has 0 aromatic rings. The molecule has 2 unspecified atom stereocenters. The van der Waals surface area contributed by atoms with Crippen molar-refractivity contribution in [2.45, 2.75) is 32.2 Å². The Labute approximate surface area is 112 Å². The van der Waals surface area contributed by atoms with Crippen LogP contribution in [0, 0.1) is 5.41 Å². The summed E-state index contributed by atoms with van der Waals surface area (Å²) in [5.74, 6) is -0.375. The summed E-state index contributed by atoms with van der Waals surface area (Å²) < 4.78 is 0. The number of carbonyl (C=O) groups is 2. The third kappa shape index (κ3) is 4.17. The van der Waals surface area contributed by atoms with Crippen LogP contribution in [0.4, 0.5) is 0 Å². The molecule has 6 heteroatoms. The molecule has 2 atom stereocenters. The Morgan fingerprint density at radius 1 is 1.56 bits per heavy atom. The fraction of sp³-hybridized carbons (Fsp3) is 0.833. The highest BCUT2D eigenvalue weighted by Gasteiger charge is 2.36. The van der Waals surface area contributed by atoms with Gasteiger partial charge in [0.05, 0.1) is 5.41 Å². The van der Waals surface area contributed by atoms with E-state index in [2.05, 4.69) is 10.6 Å². The number of rotatable bonds is 6. The number of nitrogens with one attached hydrogen (secondary N) is 2. The van der Waals surface area contributed by atoms with Gasteiger partial charge in [-0.3, -0.25) is 4.79 Å². The van der Waals surface area contributed by atoms with E-state index in [1.807, 2.05) is 13.2 Å². The highest BCUT2D eigenvalue weighted by molar-refractivity contribution is 7.98. The number of carboxylic acids is 1. The van der Waals surface area contributed by atoms with Gasteiger partial charge in [0.2, 0.25) is 5.91 Å². The maximum absolute atomic E-state index is 12.2. The van der Waals surface area contributed by atoms with Gasteiger partial charge in [-0.15, -0.1) is 0 Å². The lowest BCUT2D eigenvalue weighted by molar-refractivity contribution is -0.144. The van der Waals surface area contributed by atoms with Crippen LogP contribution < -0.4 is 10.6 Å². The first-order chi connectivity index (χ1) is 8.49. The molecule has 1 saturated heterocycles. The second-order valence-electron chi connectivity index (χ2n) is 4.99. The summed E-state index contributed by atoms with van der Waals surface area (Å²) in [6, 6.07) is -0.774. The number of hydrogen-bond acceptors (Lipinski definition) is 4. The number of hydrogen-bond donors (Lipinski definition) is 3. The Morgan fingerprint density at radius 2 is 2.28 bits per heavy atom. The molecule has 1 aliphatic rings. The van der Waals surface area contributed by atoms with Crippen molar-refractivity contribution in [3.8, 4) is 0 Å². The minimum absolute atomic E-state index is 0.150. The Balaban J connectivity index is 2.56. The number of thioether (sulfide) groups is 1. The molecule has 0 bridgehead atoms. The number of carbonyl (C=O) groups excluding carboxylic acids is 1. The third-order valence-corrected chi connectivity index (χ3v) is 4.00. The van der Waals surface area contributed by atoms with E-state index in [0.29, 0.717) is 13.0 Å². The smallest absolute Gasteiger partial charge is 0.326 e. The maximum Gasteiger partial charge on any atom is 0.326 e. The SMILES string of the molecule is CSCCC(NC(=O)C1(C)CCCNC1)C(=O)O. The summed E-state index contributed by atoms with van der Waals surface area (Å²) in [5, 5.41) is 15.0. The lowest BCUT2D eigenvalue weighted by Gasteiger charge is -2.33. The van der Waals surface area contributed by atoms with E-state index in [1.165, 1.54) is 0 Å². The van der Waals surface area contributed by atoms with Crippen LogP contribution in [0.25, 0.3) is 0 Å². The van der Waals surface area contributed by atoms with E-state index >= 15 is 0 Å². The number of piperidine rings is 1. The molecular formula is C12H22N2O3S. The minimum atomic E-state index is -0.954. The molecular weight excluding hydrogens is 252 g/mol. The summed E-state index contributed by atoms with van der Waals surface area (Å²) in [4.78, 5) is 23.3. The monoisotopic (exact) mass is 274 g/mol. The first-order valence-corrected chi connectivity index (χ1v) is 7.62. The molecule has 3 N–H and O–H groups in total. The first-order valence-electron chi connectivity index (χ1n) is 6.23. The molecule has 0 radical (unpaired) electrons. The largest absolute Gasteiger partial charge is 0.480 e. The Hall–Kier alpha value is -0.750. The van der Waals surface area contributed by atoms with Crippen LogP contribution >= 0.6 is 11.8 Å². The van der Waals surface area contributed by atoms with E-state index in [9.17, 15) is 9.59 Å². The third-order valence-electron chi connectivity index (χ3n) is 3.36. The van der Waals surface area contributed by atoms with Crippen LogP contribution in [-0.2, 0) is 9.59 Å². The number of amides is 1. The highest BCUT2D eigenvalue weighted by atomic mass is 32.2. The number of carboxylic acid groups (broad SMARTS) is 1. The second-order valence-corrected chi connectivity index (χ2v) is 5.97. The zero-order valence-corrected chi connectivity index (χ0v) is 11.8. The van der Waals surface area contributed by atoms with Gasteiger partial charge in [0, 0.05) is 6.54 Å². The van der Waals surface area contributed by atoms with Crippen LogP contribution in [0.15, 0.2) is 0 Å². The fourth-order valence-corrected chi connectivity index (χ4v) is 2.55. The molecule has 104 valence electrons. The van der Waals surface area contributed by atoms with Gasteiger partial charge in [-0.2, -0.15) is 11.8 Å². The molecule has 0 aromatic heterocycles. The van der Waals surface area contributed by atoms with E-state index in [1.54, 1.807) is 11.8 Å². The minimum Gasteiger partial charge on any atom is -0.480 e. The quantitative estimate of drug-likeness (QED) is 0.664. The van der Waals surface area contributed by atoms with Gasteiger partial charge < -0.3 is 15.7 Å². The molecule has 0 aliphatic carbocycles. The summed E-state index contributed by atoms with van der Waals surface area (Å²) in [5.41, 5.74) is -0.481. The first kappa shape index (κ1) is 15.3. The predicted octanol–water partition coefficient (Wildman–Crippen LogP) is 0.699. The summed E-state index contributed by atoms with van der Waals surface area (Å²) in [6.45, 7) is 3.44. The van der Waals surface area contributed by atoms with Crippen LogP contribution in [0.1, 0.15) is 26.2 Å². The predicted molar refractivity (Wildman–Crippen MR) is 72.8 cm³/mol. The van der Waals surface area contributed by atoms with Gasteiger partial charge in [0.25, 0.3) is 0 Å². The molecule has 0 aromatic carbocycles. The maximum atomic E-state index is 12.2. The molecule has 0 saturated carbocycles. The molecule has 1 rings (SSSR count). The highest BCUT2D eigenvalue weighted by Crippen LogP contribution is 2.25. The summed E-state index contributed by atoms with van der Waals surface area (Å²) >= 11 is 1.58. The molecule has 5 nitrogen and oxygen atoms in total. The standard InChI is InChI=1S/C12H22N2O3S/c1-12(5-3-6-13-8-12)11(17)14-9(10(15)16)4-7-18-2/h9,13H,3-8H2,1-2H3,(H,14,17)(H,15,16). The van der Waals surface area contributed by atoms with Gasteiger partial charge in [-0.1, -0.05) is 0 Å². The topological polar surface area (TPSA) is 78.4 Å². The zero-order valence-electron chi connectivity index (χ0n) is 11.0. The van der Waals surface area contributed by atoms with Gasteiger partial charge in [0.15, 0.2) is 0 Å². The Bertz CT molecular complexity index is 304. The Kier molecular flexibility index (Phi) is 5.95. The molecule has 1 fully saturated rings. The van der Waals surface area contributed by atoms with Gasteiger partial charge in [0.1, 0.15) is 6.04 Å². The van der Waals surface area contributed by atoms with Gasteiger partial charge in [-0.05, 0) is 44.7 Å². The average Bonchev–Trinajstić information content (AvgIpc) is 2.34. The lowest BCUT2D eigenvalue weighted by Crippen LogP contribution is -2.53. The molecule has 1 heterocycles. The second kappa shape index (κ2) is 6.99. The van der Waals surface area contributed by atoms with Crippen molar-refractivity contribution >= 4 is 23.6 Å². The van der Waals surface area contributed by atoms with Crippen molar-refractivity contribution < 1.29 is 14.7 Å². The van der Waals surface area contributed by atoms with Crippen molar-refractivity contribution in [2.75, 3.05) is 25.1 Å². The normalized spacial score (nSPS) is 25.4. The number of aliphatic carboxylic acids is 1. The van der Waals surface area contributed by atoms with Gasteiger partial charge in [-0.25, -0.2) is 4.79 Å². The Morgan fingerprint density at radius 3 is 2.78 bits per heavy atom. The van der Waals surface area contributed by atoms with Gasteiger partial charge >= 0.3 is 5.97 Å². The lowest BCUT2D eigenvalue weighted by atomic mass is 9.81. The van der Waals surface area contributed by atoms with E-state index in [4.69, 9.17) is 5.11 Å². The van der Waals surface area contributed by atoms with Crippen LogP contribution in [0.3, 0.4) is 0 Å². The van der Waals surface area contributed by atoms with Crippen LogP contribution in [0.2, 0.25) is 0 Å². The summed E-state index contributed by atoms with van der Waals surface area (Å²) in [7, 11) is 0. The van der Waals surface area contributed by atoms with E-state index in [0.717, 1.165) is 25.1 Å². The molecule has 1 aliphatic heterocycles. The fourth-order valence-electron chi connectivity index (χ4n) is 2.08. The van der Waals surface area contributed by atoms with E-state index < -0.39 is 17.4 Å². The average molecular weight is 274 g/mol. The van der Waals surface area contributed by atoms with Crippen molar-refractivity contribution in [2.24, 2.45) is 5.41 Å². The van der Waals surface area contributed by atoms with Crippen molar-refractivity contribution in [1.82, 2.24) is 10.6 Å². The van der Waals surface area contributed by atoms with Crippen molar-refractivity contribution in [3.05, 3.63) is 0 Å². The van der Waals surface area contributed by atoms with Crippen molar-refractivity contribution in [1.29, 1.82) is 0 Å². The summed E-state index contributed by atoms with van der Waals surface area (Å²) in [6.07, 6.45) is 4.14. The van der Waals surface area contributed by atoms with E-state index in [-0.39, 0.29) is 5.91 Å². The molecule has 1 amide bonds. The van der Waals surface area contributed by atoms with Crippen LogP contribution in [-0.4, -0.2) is 48.1 Å². The molecule has 18 heavy (non-hydrogen) atoms. The van der Waals surface area contributed by atoms with Crippen LogP contribution in [0.5, 0.6) is 0 Å². The molecule has 0 spiro atoms. The van der Waals surface area contributed by atoms with Crippen molar-refractivity contribution in [3.63, 3.8) is 0 Å². The zero-order chi connectivity index (χ0) is 13.6.